The normalized spacial score (nSPS) is 11.7. The number of nitrogens with one attached hydrogen (secondary N) is 1. The van der Waals surface area contributed by atoms with E-state index >= 15 is 0 Å². The summed E-state index contributed by atoms with van der Waals surface area (Å²) in [6.07, 6.45) is 4.64. The summed E-state index contributed by atoms with van der Waals surface area (Å²) >= 11 is 3.36. The second-order valence-corrected chi connectivity index (χ2v) is 8.58. The molecule has 1 unspecified atom stereocenters. The standard InChI is InChI=1S/C22H28N2O2S2/c1-16-6-5-7-18(14-16)21(25)23-20(12-13-27-3)22(26)24(2)15-17-8-10-19(28-4)11-9-17/h5-11,14,20H,12-13,15H2,1-4H3,(H,23,25). The Balaban J connectivity index is 2.06. The van der Waals surface area contributed by atoms with E-state index in [1.807, 2.05) is 49.8 Å². The molecule has 4 nitrogen and oxygen atoms in total. The van der Waals surface area contributed by atoms with Crippen LogP contribution in [-0.2, 0) is 11.3 Å². The van der Waals surface area contributed by atoms with Crippen molar-refractivity contribution >= 4 is 35.3 Å². The van der Waals surface area contributed by atoms with Crippen LogP contribution in [0.15, 0.2) is 53.4 Å². The van der Waals surface area contributed by atoms with Crippen molar-refractivity contribution in [3.05, 3.63) is 65.2 Å². The molecule has 1 atom stereocenters. The van der Waals surface area contributed by atoms with Crippen molar-refractivity contribution in [1.29, 1.82) is 0 Å². The van der Waals surface area contributed by atoms with Crippen LogP contribution in [0.3, 0.4) is 0 Å². The molecule has 2 amide bonds. The number of thioether (sulfide) groups is 2. The molecule has 0 saturated heterocycles. The lowest BCUT2D eigenvalue weighted by Crippen LogP contribution is -2.47. The fourth-order valence-corrected chi connectivity index (χ4v) is 3.75. The van der Waals surface area contributed by atoms with E-state index in [0.29, 0.717) is 18.5 Å². The van der Waals surface area contributed by atoms with Gasteiger partial charge >= 0.3 is 0 Å². The number of nitrogens with zero attached hydrogens (tertiary/aromatic N) is 1. The second kappa shape index (κ2) is 11.2. The molecule has 2 rings (SSSR count). The Morgan fingerprint density at radius 1 is 1.11 bits per heavy atom. The average Bonchev–Trinajstić information content (AvgIpc) is 2.70. The lowest BCUT2D eigenvalue weighted by molar-refractivity contribution is -0.132. The van der Waals surface area contributed by atoms with Gasteiger partial charge < -0.3 is 10.2 Å². The highest BCUT2D eigenvalue weighted by Gasteiger charge is 2.24. The maximum atomic E-state index is 13.0. The maximum Gasteiger partial charge on any atom is 0.251 e. The van der Waals surface area contributed by atoms with Gasteiger partial charge in [0.1, 0.15) is 6.04 Å². The summed E-state index contributed by atoms with van der Waals surface area (Å²) in [6.45, 7) is 2.47. The quantitative estimate of drug-likeness (QED) is 0.622. The molecule has 0 aliphatic carbocycles. The van der Waals surface area contributed by atoms with Gasteiger partial charge in [0.15, 0.2) is 0 Å². The third kappa shape index (κ3) is 6.60. The van der Waals surface area contributed by atoms with E-state index in [0.717, 1.165) is 16.9 Å². The van der Waals surface area contributed by atoms with E-state index in [1.165, 1.54) is 4.90 Å². The summed E-state index contributed by atoms with van der Waals surface area (Å²) < 4.78 is 0. The Hall–Kier alpha value is -1.92. The van der Waals surface area contributed by atoms with E-state index in [2.05, 4.69) is 17.4 Å². The summed E-state index contributed by atoms with van der Waals surface area (Å²) in [5, 5.41) is 2.93. The van der Waals surface area contributed by atoms with Gasteiger partial charge in [0.2, 0.25) is 5.91 Å². The van der Waals surface area contributed by atoms with E-state index in [9.17, 15) is 9.59 Å². The molecule has 28 heavy (non-hydrogen) atoms. The van der Waals surface area contributed by atoms with Gasteiger partial charge in [-0.2, -0.15) is 11.8 Å². The van der Waals surface area contributed by atoms with Gasteiger partial charge in [-0.15, -0.1) is 11.8 Å². The summed E-state index contributed by atoms with van der Waals surface area (Å²) in [5.41, 5.74) is 2.67. The number of likely N-dealkylation sites (N-methyl/N-ethyl adjacent to an activating group) is 1. The first-order valence-electron chi connectivity index (χ1n) is 9.19. The van der Waals surface area contributed by atoms with Gasteiger partial charge in [0.25, 0.3) is 5.91 Å². The molecule has 0 heterocycles. The lowest BCUT2D eigenvalue weighted by atomic mass is 10.1. The Morgan fingerprint density at radius 3 is 2.43 bits per heavy atom. The van der Waals surface area contributed by atoms with Crippen LogP contribution in [0.4, 0.5) is 0 Å². The van der Waals surface area contributed by atoms with Crippen LogP contribution in [0.25, 0.3) is 0 Å². The van der Waals surface area contributed by atoms with E-state index in [-0.39, 0.29) is 11.8 Å². The molecule has 2 aromatic rings. The van der Waals surface area contributed by atoms with Crippen molar-refractivity contribution in [3.8, 4) is 0 Å². The van der Waals surface area contributed by atoms with Crippen molar-refractivity contribution in [2.24, 2.45) is 0 Å². The van der Waals surface area contributed by atoms with Crippen LogP contribution in [0, 0.1) is 6.92 Å². The van der Waals surface area contributed by atoms with Gasteiger partial charge in [-0.3, -0.25) is 9.59 Å². The van der Waals surface area contributed by atoms with Crippen molar-refractivity contribution in [3.63, 3.8) is 0 Å². The van der Waals surface area contributed by atoms with Crippen LogP contribution >= 0.6 is 23.5 Å². The highest BCUT2D eigenvalue weighted by molar-refractivity contribution is 7.98. The first kappa shape index (κ1) is 22.4. The number of amides is 2. The largest absolute Gasteiger partial charge is 0.340 e. The van der Waals surface area contributed by atoms with E-state index in [1.54, 1.807) is 41.5 Å². The zero-order valence-corrected chi connectivity index (χ0v) is 18.5. The number of aryl methyl sites for hydroxylation is 1. The minimum atomic E-state index is -0.532. The monoisotopic (exact) mass is 416 g/mol. The molecular weight excluding hydrogens is 388 g/mol. The fraction of sp³-hybridized carbons (Fsp3) is 0.364. The molecule has 0 aromatic heterocycles. The molecule has 0 aliphatic rings. The molecule has 0 aliphatic heterocycles. The fourth-order valence-electron chi connectivity index (χ4n) is 2.87. The minimum Gasteiger partial charge on any atom is -0.340 e. The van der Waals surface area contributed by atoms with Gasteiger partial charge in [-0.25, -0.2) is 0 Å². The summed E-state index contributed by atoms with van der Waals surface area (Å²) in [7, 11) is 1.79. The average molecular weight is 417 g/mol. The molecule has 1 N–H and O–H groups in total. The highest BCUT2D eigenvalue weighted by Crippen LogP contribution is 2.16. The molecule has 0 radical (unpaired) electrons. The van der Waals surface area contributed by atoms with Crippen molar-refractivity contribution in [1.82, 2.24) is 10.2 Å². The molecule has 6 heteroatoms. The van der Waals surface area contributed by atoms with Crippen molar-refractivity contribution in [2.45, 2.75) is 30.8 Å². The number of benzene rings is 2. The smallest absolute Gasteiger partial charge is 0.251 e. The predicted molar refractivity (Wildman–Crippen MR) is 120 cm³/mol. The van der Waals surface area contributed by atoms with Gasteiger partial charge in [-0.05, 0) is 61.4 Å². The Labute approximate surface area is 176 Å². The van der Waals surface area contributed by atoms with Gasteiger partial charge in [0.05, 0.1) is 0 Å². The van der Waals surface area contributed by atoms with Crippen LogP contribution in [0.5, 0.6) is 0 Å². The molecular formula is C22H28N2O2S2. The highest BCUT2D eigenvalue weighted by atomic mass is 32.2. The molecule has 0 spiro atoms. The lowest BCUT2D eigenvalue weighted by Gasteiger charge is -2.25. The molecule has 0 saturated carbocycles. The molecule has 2 aromatic carbocycles. The number of carbonyl (C=O) groups excluding carboxylic acids is 2. The minimum absolute atomic E-state index is 0.0657. The van der Waals surface area contributed by atoms with Crippen LogP contribution in [0.2, 0.25) is 0 Å². The number of rotatable bonds is 9. The third-order valence-electron chi connectivity index (χ3n) is 4.45. The van der Waals surface area contributed by atoms with Crippen molar-refractivity contribution in [2.75, 3.05) is 25.3 Å². The maximum absolute atomic E-state index is 13.0. The summed E-state index contributed by atoms with van der Waals surface area (Å²) in [5.74, 6) is 0.533. The summed E-state index contributed by atoms with van der Waals surface area (Å²) in [4.78, 5) is 28.5. The topological polar surface area (TPSA) is 49.4 Å². The number of hydrogen-bond acceptors (Lipinski definition) is 4. The number of carbonyl (C=O) groups is 2. The zero-order chi connectivity index (χ0) is 20.5. The third-order valence-corrected chi connectivity index (χ3v) is 5.84. The zero-order valence-electron chi connectivity index (χ0n) is 16.9. The first-order chi connectivity index (χ1) is 13.4. The molecule has 0 bridgehead atoms. The first-order valence-corrected chi connectivity index (χ1v) is 11.8. The van der Waals surface area contributed by atoms with Gasteiger partial charge in [-0.1, -0.05) is 29.8 Å². The summed E-state index contributed by atoms with van der Waals surface area (Å²) in [6, 6.07) is 15.1. The van der Waals surface area contributed by atoms with Crippen molar-refractivity contribution < 1.29 is 9.59 Å². The number of hydrogen-bond donors (Lipinski definition) is 1. The Kier molecular flexibility index (Phi) is 8.93. The Morgan fingerprint density at radius 2 is 1.82 bits per heavy atom. The molecule has 150 valence electrons. The predicted octanol–water partition coefficient (Wildman–Crippen LogP) is 4.23. The van der Waals surface area contributed by atoms with E-state index in [4.69, 9.17) is 0 Å². The van der Waals surface area contributed by atoms with Crippen LogP contribution in [-0.4, -0.2) is 48.1 Å². The van der Waals surface area contributed by atoms with Crippen LogP contribution < -0.4 is 5.32 Å². The van der Waals surface area contributed by atoms with Gasteiger partial charge in [0, 0.05) is 24.1 Å². The second-order valence-electron chi connectivity index (χ2n) is 6.72. The molecule has 0 fully saturated rings. The van der Waals surface area contributed by atoms with Crippen LogP contribution in [0.1, 0.15) is 27.9 Å². The van der Waals surface area contributed by atoms with E-state index < -0.39 is 6.04 Å². The Bertz CT molecular complexity index is 793. The SMILES string of the molecule is CSCCC(NC(=O)c1cccc(C)c1)C(=O)N(C)Cc1ccc(SC)cc1.